The standard InChI is InChI=1S/C20H20N2O4S3/c23-18(21-16-11-13-29(25,26)14-16)10-5-12-22-19(24)17(28-20(22)27)9-4-8-15-6-2-1-3-7-15/h1-4,6-9,11,13,16H,5,10,12,14H2,(H,21,23)/b8-4+,17-9-/t16-/m0/s1. The van der Waals surface area contributed by atoms with Crippen molar-refractivity contribution in [1.29, 1.82) is 0 Å². The number of carbonyl (C=O) groups excluding carboxylic acids is 2. The highest BCUT2D eigenvalue weighted by atomic mass is 32.2. The summed E-state index contributed by atoms with van der Waals surface area (Å²) in [6.45, 7) is 0.344. The van der Waals surface area contributed by atoms with Crippen molar-refractivity contribution in [1.82, 2.24) is 10.2 Å². The highest BCUT2D eigenvalue weighted by Gasteiger charge is 2.31. The summed E-state index contributed by atoms with van der Waals surface area (Å²) in [5.74, 6) is -0.513. The number of rotatable bonds is 7. The maximum atomic E-state index is 12.5. The fourth-order valence-corrected chi connectivity index (χ4v) is 5.36. The second-order valence-electron chi connectivity index (χ2n) is 6.56. The molecule has 1 atom stereocenters. The summed E-state index contributed by atoms with van der Waals surface area (Å²) in [6, 6.07) is 9.28. The zero-order valence-corrected chi connectivity index (χ0v) is 17.9. The topological polar surface area (TPSA) is 83.6 Å². The van der Waals surface area contributed by atoms with Crippen LogP contribution in [0, 0.1) is 0 Å². The SMILES string of the molecule is O=C(CCCN1C(=O)/C(=C/C=C/c2ccccc2)SC1=S)N[C@H]1C=CS(=O)(=O)C1. The molecule has 0 unspecified atom stereocenters. The van der Waals surface area contributed by atoms with Crippen molar-refractivity contribution in [2.24, 2.45) is 0 Å². The van der Waals surface area contributed by atoms with E-state index in [1.807, 2.05) is 42.5 Å². The van der Waals surface area contributed by atoms with Gasteiger partial charge in [0.1, 0.15) is 4.32 Å². The minimum absolute atomic E-state index is 0.102. The monoisotopic (exact) mass is 448 g/mol. The lowest BCUT2D eigenvalue weighted by Crippen LogP contribution is -2.36. The van der Waals surface area contributed by atoms with Gasteiger partial charge in [-0.05, 0) is 24.1 Å². The number of amides is 2. The minimum Gasteiger partial charge on any atom is -0.349 e. The molecular weight excluding hydrogens is 428 g/mol. The molecule has 0 saturated carbocycles. The molecule has 0 spiro atoms. The highest BCUT2D eigenvalue weighted by Crippen LogP contribution is 2.31. The Balaban J connectivity index is 1.46. The molecule has 1 N–H and O–H groups in total. The smallest absolute Gasteiger partial charge is 0.266 e. The maximum Gasteiger partial charge on any atom is 0.266 e. The molecule has 2 amide bonds. The Bertz CT molecular complexity index is 998. The van der Waals surface area contributed by atoms with E-state index in [0.29, 0.717) is 22.2 Å². The molecule has 2 aliphatic heterocycles. The molecule has 29 heavy (non-hydrogen) atoms. The van der Waals surface area contributed by atoms with Gasteiger partial charge in [0.25, 0.3) is 5.91 Å². The number of nitrogens with one attached hydrogen (secondary N) is 1. The van der Waals surface area contributed by atoms with E-state index in [-0.39, 0.29) is 24.0 Å². The van der Waals surface area contributed by atoms with Crippen LogP contribution in [0.15, 0.2) is 58.9 Å². The average Bonchev–Trinajstić information content (AvgIpc) is 3.15. The third-order valence-corrected chi connectivity index (χ3v) is 7.06. The first-order valence-electron chi connectivity index (χ1n) is 9.01. The lowest BCUT2D eigenvalue weighted by Gasteiger charge is -2.15. The van der Waals surface area contributed by atoms with Gasteiger partial charge in [-0.3, -0.25) is 14.5 Å². The Labute approximate surface area is 179 Å². The largest absolute Gasteiger partial charge is 0.349 e. The number of carbonyl (C=O) groups is 2. The van der Waals surface area contributed by atoms with Crippen LogP contribution in [0.5, 0.6) is 0 Å². The molecule has 1 aromatic rings. The van der Waals surface area contributed by atoms with Crippen LogP contribution in [0.2, 0.25) is 0 Å². The lowest BCUT2D eigenvalue weighted by atomic mass is 10.2. The summed E-state index contributed by atoms with van der Waals surface area (Å²) >= 11 is 6.53. The van der Waals surface area contributed by atoms with Gasteiger partial charge in [-0.2, -0.15) is 0 Å². The van der Waals surface area contributed by atoms with Crippen LogP contribution < -0.4 is 5.32 Å². The van der Waals surface area contributed by atoms with E-state index in [4.69, 9.17) is 12.2 Å². The van der Waals surface area contributed by atoms with Gasteiger partial charge in [-0.1, -0.05) is 66.5 Å². The molecule has 3 rings (SSSR count). The highest BCUT2D eigenvalue weighted by molar-refractivity contribution is 8.26. The maximum absolute atomic E-state index is 12.5. The molecule has 0 aromatic heterocycles. The van der Waals surface area contributed by atoms with Crippen molar-refractivity contribution >= 4 is 56.0 Å². The van der Waals surface area contributed by atoms with E-state index < -0.39 is 15.9 Å². The van der Waals surface area contributed by atoms with Crippen LogP contribution in [-0.2, 0) is 19.4 Å². The number of thiocarbonyl (C=S) groups is 1. The van der Waals surface area contributed by atoms with Crippen LogP contribution in [-0.4, -0.2) is 47.8 Å². The number of allylic oxidation sites excluding steroid dienone is 2. The van der Waals surface area contributed by atoms with E-state index in [1.54, 1.807) is 6.08 Å². The van der Waals surface area contributed by atoms with Crippen LogP contribution in [0.3, 0.4) is 0 Å². The van der Waals surface area contributed by atoms with Crippen LogP contribution in [0.1, 0.15) is 18.4 Å². The molecule has 1 fully saturated rings. The normalized spacial score (nSPS) is 22.1. The van der Waals surface area contributed by atoms with Gasteiger partial charge in [0, 0.05) is 18.4 Å². The van der Waals surface area contributed by atoms with Gasteiger partial charge in [0.2, 0.25) is 5.91 Å². The molecule has 1 aromatic carbocycles. The van der Waals surface area contributed by atoms with Gasteiger partial charge in [0.15, 0.2) is 9.84 Å². The van der Waals surface area contributed by atoms with E-state index in [9.17, 15) is 18.0 Å². The van der Waals surface area contributed by atoms with E-state index in [0.717, 1.165) is 11.0 Å². The Morgan fingerprint density at radius 1 is 1.31 bits per heavy atom. The van der Waals surface area contributed by atoms with Gasteiger partial charge in [-0.15, -0.1) is 0 Å². The minimum atomic E-state index is -3.20. The number of hydrogen-bond donors (Lipinski definition) is 1. The molecule has 152 valence electrons. The third-order valence-electron chi connectivity index (χ3n) is 4.27. The molecular formula is C20H20N2O4S3. The average molecular weight is 449 g/mol. The Morgan fingerprint density at radius 3 is 2.76 bits per heavy atom. The quantitative estimate of drug-likeness (QED) is 0.510. The predicted octanol–water partition coefficient (Wildman–Crippen LogP) is 2.65. The fourth-order valence-electron chi connectivity index (χ4n) is 2.86. The first-order valence-corrected chi connectivity index (χ1v) is 12.0. The van der Waals surface area contributed by atoms with Crippen molar-refractivity contribution < 1.29 is 18.0 Å². The van der Waals surface area contributed by atoms with E-state index in [2.05, 4.69) is 5.32 Å². The number of thioether (sulfide) groups is 1. The van der Waals surface area contributed by atoms with Crippen LogP contribution in [0.4, 0.5) is 0 Å². The Morgan fingerprint density at radius 2 is 2.07 bits per heavy atom. The number of nitrogens with zero attached hydrogens (tertiary/aromatic N) is 1. The molecule has 0 bridgehead atoms. The zero-order chi connectivity index (χ0) is 20.9. The van der Waals surface area contributed by atoms with Crippen molar-refractivity contribution in [2.75, 3.05) is 12.3 Å². The summed E-state index contributed by atoms with van der Waals surface area (Å²) in [5, 5.41) is 3.79. The molecule has 9 heteroatoms. The van der Waals surface area contributed by atoms with E-state index in [1.165, 1.54) is 22.7 Å². The van der Waals surface area contributed by atoms with Crippen molar-refractivity contribution in [2.45, 2.75) is 18.9 Å². The number of hydrogen-bond acceptors (Lipinski definition) is 6. The first kappa shape index (κ1) is 21.5. The van der Waals surface area contributed by atoms with Crippen LogP contribution in [0.25, 0.3) is 6.08 Å². The second kappa shape index (κ2) is 9.51. The van der Waals surface area contributed by atoms with E-state index >= 15 is 0 Å². The van der Waals surface area contributed by atoms with Crippen molar-refractivity contribution in [3.05, 3.63) is 64.4 Å². The summed E-state index contributed by atoms with van der Waals surface area (Å²) in [7, 11) is -3.20. The molecule has 0 aliphatic carbocycles. The summed E-state index contributed by atoms with van der Waals surface area (Å²) in [6.07, 6.45) is 7.57. The summed E-state index contributed by atoms with van der Waals surface area (Å²) < 4.78 is 23.2. The van der Waals surface area contributed by atoms with Crippen molar-refractivity contribution in [3.8, 4) is 0 Å². The Hall–Kier alpha value is -2.23. The zero-order valence-electron chi connectivity index (χ0n) is 15.5. The van der Waals surface area contributed by atoms with Crippen molar-refractivity contribution in [3.63, 3.8) is 0 Å². The molecule has 0 radical (unpaired) electrons. The summed E-state index contributed by atoms with van der Waals surface area (Å²) in [5.41, 5.74) is 1.04. The molecule has 2 heterocycles. The van der Waals surface area contributed by atoms with Gasteiger partial charge < -0.3 is 5.32 Å². The molecule has 1 saturated heterocycles. The predicted molar refractivity (Wildman–Crippen MR) is 120 cm³/mol. The Kier molecular flexibility index (Phi) is 7.05. The van der Waals surface area contributed by atoms with Gasteiger partial charge >= 0.3 is 0 Å². The second-order valence-corrected chi connectivity index (χ2v) is 10.2. The third kappa shape index (κ3) is 6.12. The summed E-state index contributed by atoms with van der Waals surface area (Å²) in [4.78, 5) is 26.6. The van der Waals surface area contributed by atoms with Gasteiger partial charge in [0.05, 0.1) is 16.7 Å². The lowest BCUT2D eigenvalue weighted by molar-refractivity contribution is -0.124. The fraction of sp³-hybridized carbons (Fsp3) is 0.250. The molecule has 2 aliphatic rings. The first-order chi connectivity index (χ1) is 13.8. The molecule has 6 nitrogen and oxygen atoms in total. The van der Waals surface area contributed by atoms with Gasteiger partial charge in [-0.25, -0.2) is 8.42 Å². The number of benzene rings is 1. The number of sulfone groups is 1. The van der Waals surface area contributed by atoms with Crippen LogP contribution >= 0.6 is 24.0 Å².